The van der Waals surface area contributed by atoms with Gasteiger partial charge in [0.2, 0.25) is 0 Å². The van der Waals surface area contributed by atoms with E-state index in [1.165, 1.54) is 12.1 Å². The summed E-state index contributed by atoms with van der Waals surface area (Å²) in [6.45, 7) is 0.556. The number of hydrogen-bond acceptors (Lipinski definition) is 2. The maximum Gasteiger partial charge on any atom is 0.123 e. The number of anilines is 1. The first-order chi connectivity index (χ1) is 6.18. The van der Waals surface area contributed by atoms with E-state index < -0.39 is 0 Å². The van der Waals surface area contributed by atoms with E-state index in [-0.39, 0.29) is 11.2 Å². The smallest absolute Gasteiger partial charge is 0.123 e. The van der Waals surface area contributed by atoms with Crippen LogP contribution in [0, 0.1) is 5.82 Å². The number of nitrogens with two attached hydrogens (primary N) is 2. The van der Waals surface area contributed by atoms with Crippen LogP contribution < -0.4 is 11.5 Å². The van der Waals surface area contributed by atoms with Crippen LogP contribution in [0.2, 0.25) is 0 Å². The summed E-state index contributed by atoms with van der Waals surface area (Å²) in [6.07, 6.45) is 2.05. The third-order valence-electron chi connectivity index (χ3n) is 2.83. The Kier molecular flexibility index (Phi) is 1.77. The van der Waals surface area contributed by atoms with Crippen molar-refractivity contribution in [3.05, 3.63) is 29.6 Å². The summed E-state index contributed by atoms with van der Waals surface area (Å²) >= 11 is 0. The Balaban J connectivity index is 2.44. The van der Waals surface area contributed by atoms with Gasteiger partial charge in [0.05, 0.1) is 0 Å². The minimum absolute atomic E-state index is 0.0216. The monoisotopic (exact) mass is 180 g/mol. The molecule has 0 amide bonds. The van der Waals surface area contributed by atoms with Gasteiger partial charge in [-0.25, -0.2) is 4.39 Å². The molecular weight excluding hydrogens is 167 g/mol. The van der Waals surface area contributed by atoms with Crippen LogP contribution in [0.1, 0.15) is 18.4 Å². The van der Waals surface area contributed by atoms with Crippen LogP contribution in [-0.2, 0) is 5.41 Å². The van der Waals surface area contributed by atoms with Crippen molar-refractivity contribution >= 4 is 5.69 Å². The van der Waals surface area contributed by atoms with Crippen LogP contribution in [0.4, 0.5) is 10.1 Å². The van der Waals surface area contributed by atoms with E-state index in [0.717, 1.165) is 18.4 Å². The SMILES string of the molecule is NCC1(c2cc(F)ccc2N)CC1. The van der Waals surface area contributed by atoms with Crippen molar-refractivity contribution in [1.29, 1.82) is 0 Å². The largest absolute Gasteiger partial charge is 0.398 e. The van der Waals surface area contributed by atoms with Gasteiger partial charge in [-0.15, -0.1) is 0 Å². The highest BCUT2D eigenvalue weighted by Gasteiger charge is 2.44. The van der Waals surface area contributed by atoms with E-state index in [1.807, 2.05) is 0 Å². The minimum Gasteiger partial charge on any atom is -0.398 e. The van der Waals surface area contributed by atoms with E-state index in [0.29, 0.717) is 12.2 Å². The van der Waals surface area contributed by atoms with Crippen LogP contribution in [-0.4, -0.2) is 6.54 Å². The molecule has 1 aliphatic rings. The van der Waals surface area contributed by atoms with Gasteiger partial charge in [0, 0.05) is 17.6 Å². The van der Waals surface area contributed by atoms with E-state index in [1.54, 1.807) is 6.07 Å². The third kappa shape index (κ3) is 1.29. The lowest BCUT2D eigenvalue weighted by molar-refractivity contribution is 0.617. The molecule has 0 atom stereocenters. The molecule has 0 aliphatic heterocycles. The Bertz CT molecular complexity index is 332. The van der Waals surface area contributed by atoms with E-state index >= 15 is 0 Å². The van der Waals surface area contributed by atoms with Crippen molar-refractivity contribution in [3.8, 4) is 0 Å². The molecular formula is C10H13FN2. The Morgan fingerprint density at radius 2 is 2.08 bits per heavy atom. The quantitative estimate of drug-likeness (QED) is 0.676. The predicted molar refractivity (Wildman–Crippen MR) is 50.8 cm³/mol. The summed E-state index contributed by atoms with van der Waals surface area (Å²) in [6, 6.07) is 4.50. The van der Waals surface area contributed by atoms with Crippen LogP contribution >= 0.6 is 0 Å². The molecule has 1 aromatic carbocycles. The van der Waals surface area contributed by atoms with E-state index in [4.69, 9.17) is 11.5 Å². The Morgan fingerprint density at radius 1 is 1.38 bits per heavy atom. The fraction of sp³-hybridized carbons (Fsp3) is 0.400. The summed E-state index contributed by atoms with van der Waals surface area (Å²) in [5, 5.41) is 0. The first kappa shape index (κ1) is 8.51. The average molecular weight is 180 g/mol. The van der Waals surface area contributed by atoms with Gasteiger partial charge in [-0.1, -0.05) is 0 Å². The highest BCUT2D eigenvalue weighted by Crippen LogP contribution is 2.49. The molecule has 2 rings (SSSR count). The molecule has 1 aromatic rings. The molecule has 4 N–H and O–H groups in total. The number of halogens is 1. The first-order valence-electron chi connectivity index (χ1n) is 4.43. The second kappa shape index (κ2) is 2.70. The van der Waals surface area contributed by atoms with Gasteiger partial charge in [0.1, 0.15) is 5.82 Å². The predicted octanol–water partition coefficient (Wildman–Crippen LogP) is 1.40. The third-order valence-corrected chi connectivity index (χ3v) is 2.83. The molecule has 0 unspecified atom stereocenters. The molecule has 2 nitrogen and oxygen atoms in total. The van der Waals surface area contributed by atoms with E-state index in [2.05, 4.69) is 0 Å². The molecule has 1 fully saturated rings. The van der Waals surface area contributed by atoms with Gasteiger partial charge in [-0.3, -0.25) is 0 Å². The first-order valence-corrected chi connectivity index (χ1v) is 4.43. The number of nitrogen functional groups attached to an aromatic ring is 1. The highest BCUT2D eigenvalue weighted by molar-refractivity contribution is 5.53. The Hall–Kier alpha value is -1.09. The lowest BCUT2D eigenvalue weighted by Gasteiger charge is -2.15. The lowest BCUT2D eigenvalue weighted by Crippen LogP contribution is -2.21. The normalized spacial score (nSPS) is 18.6. The van der Waals surface area contributed by atoms with Crippen molar-refractivity contribution in [2.24, 2.45) is 5.73 Å². The van der Waals surface area contributed by atoms with Crippen LogP contribution in [0.3, 0.4) is 0 Å². The minimum atomic E-state index is -0.232. The number of benzene rings is 1. The molecule has 0 aromatic heterocycles. The van der Waals surface area contributed by atoms with Gasteiger partial charge in [0.15, 0.2) is 0 Å². The second-order valence-corrected chi connectivity index (χ2v) is 3.72. The Morgan fingerprint density at radius 3 is 2.62 bits per heavy atom. The molecule has 0 radical (unpaired) electrons. The number of rotatable bonds is 2. The van der Waals surface area contributed by atoms with Crippen molar-refractivity contribution in [1.82, 2.24) is 0 Å². The molecule has 1 saturated carbocycles. The van der Waals surface area contributed by atoms with Crippen LogP contribution in [0.15, 0.2) is 18.2 Å². The molecule has 0 heterocycles. The zero-order valence-corrected chi connectivity index (χ0v) is 7.39. The summed E-state index contributed by atoms with van der Waals surface area (Å²) in [7, 11) is 0. The molecule has 0 spiro atoms. The summed E-state index contributed by atoms with van der Waals surface area (Å²) in [4.78, 5) is 0. The van der Waals surface area contributed by atoms with Crippen molar-refractivity contribution in [2.75, 3.05) is 12.3 Å². The maximum atomic E-state index is 12.9. The van der Waals surface area contributed by atoms with Gasteiger partial charge >= 0.3 is 0 Å². The standard InChI is InChI=1S/C10H13FN2/c11-7-1-2-9(13)8(5-7)10(6-12)3-4-10/h1-2,5H,3-4,6,12-13H2. The van der Waals surface area contributed by atoms with Crippen LogP contribution in [0.5, 0.6) is 0 Å². The van der Waals surface area contributed by atoms with Crippen molar-refractivity contribution in [3.63, 3.8) is 0 Å². The Labute approximate surface area is 76.7 Å². The summed E-state index contributed by atoms with van der Waals surface area (Å²) in [5.74, 6) is -0.232. The molecule has 70 valence electrons. The van der Waals surface area contributed by atoms with Gasteiger partial charge in [-0.2, -0.15) is 0 Å². The molecule has 0 bridgehead atoms. The molecule has 13 heavy (non-hydrogen) atoms. The van der Waals surface area contributed by atoms with Gasteiger partial charge in [0.25, 0.3) is 0 Å². The number of hydrogen-bond donors (Lipinski definition) is 2. The molecule has 1 aliphatic carbocycles. The lowest BCUT2D eigenvalue weighted by atomic mass is 9.94. The zero-order valence-electron chi connectivity index (χ0n) is 7.39. The summed E-state index contributed by atoms with van der Waals surface area (Å²) in [5.41, 5.74) is 12.9. The molecule has 3 heteroatoms. The van der Waals surface area contributed by atoms with Gasteiger partial charge in [-0.05, 0) is 36.6 Å². The summed E-state index contributed by atoms with van der Waals surface area (Å²) < 4.78 is 12.9. The zero-order chi connectivity index (χ0) is 9.47. The topological polar surface area (TPSA) is 52.0 Å². The van der Waals surface area contributed by atoms with Crippen LogP contribution in [0.25, 0.3) is 0 Å². The fourth-order valence-corrected chi connectivity index (χ4v) is 1.72. The van der Waals surface area contributed by atoms with Crippen molar-refractivity contribution in [2.45, 2.75) is 18.3 Å². The van der Waals surface area contributed by atoms with E-state index in [9.17, 15) is 4.39 Å². The highest BCUT2D eigenvalue weighted by atomic mass is 19.1. The average Bonchev–Trinajstić information content (AvgIpc) is 2.90. The fourth-order valence-electron chi connectivity index (χ4n) is 1.72. The van der Waals surface area contributed by atoms with Gasteiger partial charge < -0.3 is 11.5 Å². The molecule has 0 saturated heterocycles. The second-order valence-electron chi connectivity index (χ2n) is 3.72. The maximum absolute atomic E-state index is 12.9. The van der Waals surface area contributed by atoms with Crippen molar-refractivity contribution < 1.29 is 4.39 Å².